The van der Waals surface area contributed by atoms with E-state index in [1.807, 2.05) is 6.92 Å². The molecule has 3 heterocycles. The van der Waals surface area contributed by atoms with Crippen LogP contribution in [0.5, 0.6) is 0 Å². The molecule has 0 atom stereocenters. The minimum absolute atomic E-state index is 0.248. The molecular formula is C19H14F2N4O3. The summed E-state index contributed by atoms with van der Waals surface area (Å²) in [5.74, 6) is -2.75. The lowest BCUT2D eigenvalue weighted by Gasteiger charge is -2.09. The van der Waals surface area contributed by atoms with Crippen LogP contribution in [0.25, 0.3) is 22.1 Å². The number of hydrogen-bond acceptors (Lipinski definition) is 5. The number of hydrogen-bond donors (Lipinski definition) is 1. The molecule has 142 valence electrons. The predicted octanol–water partition coefficient (Wildman–Crippen LogP) is 2.69. The first-order chi connectivity index (χ1) is 13.4. The Hall–Kier alpha value is -3.62. The third kappa shape index (κ3) is 2.81. The third-order valence-electron chi connectivity index (χ3n) is 4.48. The molecule has 4 rings (SSSR count). The van der Waals surface area contributed by atoms with Crippen LogP contribution in [0.3, 0.4) is 0 Å². The average molecular weight is 384 g/mol. The van der Waals surface area contributed by atoms with Gasteiger partial charge in [-0.25, -0.2) is 28.3 Å². The quantitative estimate of drug-likeness (QED) is 0.549. The molecule has 7 nitrogen and oxygen atoms in total. The Morgan fingerprint density at radius 3 is 2.64 bits per heavy atom. The van der Waals surface area contributed by atoms with Gasteiger partial charge in [0.25, 0.3) is 0 Å². The summed E-state index contributed by atoms with van der Waals surface area (Å²) >= 11 is 0. The molecule has 9 heteroatoms. The molecule has 0 saturated carbocycles. The van der Waals surface area contributed by atoms with E-state index in [1.165, 1.54) is 10.8 Å². The molecule has 0 aliphatic heterocycles. The average Bonchev–Trinajstić information content (AvgIpc) is 2.99. The molecule has 1 N–H and O–H groups in total. The topological polar surface area (TPSA) is 89.9 Å². The number of H-pyrrole nitrogens is 1. The zero-order chi connectivity index (χ0) is 20.0. The van der Waals surface area contributed by atoms with Crippen LogP contribution in [-0.4, -0.2) is 32.6 Å². The maximum Gasteiger partial charge on any atom is 0.338 e. The molecule has 1 aromatic carbocycles. The zero-order valence-electron chi connectivity index (χ0n) is 14.9. The van der Waals surface area contributed by atoms with Gasteiger partial charge in [-0.3, -0.25) is 4.57 Å². The van der Waals surface area contributed by atoms with E-state index >= 15 is 0 Å². The molecule has 0 unspecified atom stereocenters. The van der Waals surface area contributed by atoms with Crippen molar-refractivity contribution in [2.45, 2.75) is 13.5 Å². The lowest BCUT2D eigenvalue weighted by Crippen LogP contribution is -2.19. The minimum Gasteiger partial charge on any atom is -0.465 e. The van der Waals surface area contributed by atoms with Gasteiger partial charge in [0.05, 0.1) is 36.4 Å². The first-order valence-electron chi connectivity index (χ1n) is 8.30. The van der Waals surface area contributed by atoms with Gasteiger partial charge in [-0.05, 0) is 31.2 Å². The van der Waals surface area contributed by atoms with Gasteiger partial charge >= 0.3 is 11.7 Å². The lowest BCUT2D eigenvalue weighted by atomic mass is 10.1. The van der Waals surface area contributed by atoms with E-state index in [2.05, 4.69) is 19.7 Å². The van der Waals surface area contributed by atoms with Gasteiger partial charge < -0.3 is 9.72 Å². The Labute approximate surface area is 156 Å². The molecule has 0 spiro atoms. The molecule has 28 heavy (non-hydrogen) atoms. The maximum absolute atomic E-state index is 14.5. The molecule has 0 radical (unpaired) electrons. The number of aromatic amines is 1. The van der Waals surface area contributed by atoms with Crippen LogP contribution in [0.1, 0.15) is 21.6 Å². The number of carbonyl (C=O) groups excluding carboxylic acids is 1. The number of fused-ring (bicyclic) bond motifs is 3. The molecule has 0 amide bonds. The smallest absolute Gasteiger partial charge is 0.338 e. The van der Waals surface area contributed by atoms with E-state index < -0.39 is 23.3 Å². The van der Waals surface area contributed by atoms with E-state index in [1.54, 1.807) is 12.1 Å². The fourth-order valence-electron chi connectivity index (χ4n) is 3.12. The Kier molecular flexibility index (Phi) is 4.14. The van der Waals surface area contributed by atoms with Crippen molar-refractivity contribution in [3.05, 3.63) is 69.4 Å². The number of methoxy groups -OCH3 is 1. The van der Waals surface area contributed by atoms with Gasteiger partial charge in [0.1, 0.15) is 11.6 Å². The van der Waals surface area contributed by atoms with Gasteiger partial charge in [-0.2, -0.15) is 0 Å². The summed E-state index contributed by atoms with van der Waals surface area (Å²) < 4.78 is 34.7. The van der Waals surface area contributed by atoms with Crippen molar-refractivity contribution in [3.8, 4) is 0 Å². The second-order valence-electron chi connectivity index (χ2n) is 6.27. The monoisotopic (exact) mass is 384 g/mol. The van der Waals surface area contributed by atoms with Crippen molar-refractivity contribution in [2.24, 2.45) is 0 Å². The van der Waals surface area contributed by atoms with Crippen molar-refractivity contribution in [3.63, 3.8) is 0 Å². The summed E-state index contributed by atoms with van der Waals surface area (Å²) in [7, 11) is 1.12. The molecular weight excluding hydrogens is 370 g/mol. The van der Waals surface area contributed by atoms with Crippen molar-refractivity contribution in [1.29, 1.82) is 0 Å². The molecule has 4 aromatic rings. The summed E-state index contributed by atoms with van der Waals surface area (Å²) in [6.07, 6.45) is 1.45. The van der Waals surface area contributed by atoms with Crippen molar-refractivity contribution in [1.82, 2.24) is 19.5 Å². The number of carbonyl (C=O) groups is 1. The highest BCUT2D eigenvalue weighted by molar-refractivity contribution is 6.00. The van der Waals surface area contributed by atoms with Crippen molar-refractivity contribution >= 4 is 28.0 Å². The first-order valence-corrected chi connectivity index (χ1v) is 8.30. The van der Waals surface area contributed by atoms with E-state index in [9.17, 15) is 18.4 Å². The zero-order valence-corrected chi connectivity index (χ0v) is 14.9. The van der Waals surface area contributed by atoms with Gasteiger partial charge in [-0.15, -0.1) is 0 Å². The Bertz CT molecular complexity index is 1290. The van der Waals surface area contributed by atoms with Gasteiger partial charge in [0, 0.05) is 16.6 Å². The first kappa shape index (κ1) is 17.8. The van der Waals surface area contributed by atoms with Gasteiger partial charge in [-0.1, -0.05) is 0 Å². The van der Waals surface area contributed by atoms with E-state index in [-0.39, 0.29) is 17.7 Å². The molecule has 0 aliphatic carbocycles. The number of ether oxygens (including phenoxy) is 1. The van der Waals surface area contributed by atoms with Gasteiger partial charge in [0.15, 0.2) is 5.65 Å². The Balaban J connectivity index is 1.90. The number of nitrogens with one attached hydrogen (secondary N) is 1. The van der Waals surface area contributed by atoms with E-state index in [0.717, 1.165) is 24.9 Å². The summed E-state index contributed by atoms with van der Waals surface area (Å²) in [4.78, 5) is 35.1. The highest BCUT2D eigenvalue weighted by Gasteiger charge is 2.19. The molecule has 0 aliphatic rings. The minimum atomic E-state index is -0.950. The number of benzene rings is 1. The Morgan fingerprint density at radius 1 is 1.25 bits per heavy atom. The van der Waals surface area contributed by atoms with Gasteiger partial charge in [0.2, 0.25) is 0 Å². The molecule has 0 bridgehead atoms. The number of pyridine rings is 2. The summed E-state index contributed by atoms with van der Waals surface area (Å²) in [5, 5.41) is 0.577. The second kappa shape index (κ2) is 6.52. The Morgan fingerprint density at radius 2 is 1.96 bits per heavy atom. The maximum atomic E-state index is 14.5. The van der Waals surface area contributed by atoms with Crippen LogP contribution in [-0.2, 0) is 11.3 Å². The number of aromatic nitrogens is 4. The van der Waals surface area contributed by atoms with Crippen LogP contribution in [0.4, 0.5) is 8.78 Å². The number of halogens is 2. The third-order valence-corrected chi connectivity index (χ3v) is 4.48. The summed E-state index contributed by atoms with van der Waals surface area (Å²) in [6, 6.07) is 5.28. The number of esters is 1. The van der Waals surface area contributed by atoms with Crippen LogP contribution in [0.15, 0.2) is 35.3 Å². The van der Waals surface area contributed by atoms with Crippen LogP contribution in [0.2, 0.25) is 0 Å². The van der Waals surface area contributed by atoms with Crippen LogP contribution < -0.4 is 5.69 Å². The standard InChI is InChI=1S/C19H14F2N4O3/c1-9-3-4-11-16-15(7-22-17(11)23-9)24-19(27)25(16)8-12-13(20)5-10(6-14(12)21)18(26)28-2/h3-7H,8H2,1-2H3,(H,24,27). The molecule has 0 fully saturated rings. The summed E-state index contributed by atoms with van der Waals surface area (Å²) in [5.41, 5.74) is 0.901. The predicted molar refractivity (Wildman–Crippen MR) is 97.2 cm³/mol. The highest BCUT2D eigenvalue weighted by atomic mass is 19.1. The molecule has 3 aromatic heterocycles. The van der Waals surface area contributed by atoms with E-state index in [0.29, 0.717) is 22.1 Å². The largest absolute Gasteiger partial charge is 0.465 e. The number of rotatable bonds is 3. The SMILES string of the molecule is COC(=O)c1cc(F)c(Cn2c(=O)[nH]c3cnc4nc(C)ccc4c32)c(F)c1. The number of aryl methyl sites for hydroxylation is 1. The highest BCUT2D eigenvalue weighted by Crippen LogP contribution is 2.23. The lowest BCUT2D eigenvalue weighted by molar-refractivity contribution is 0.0599. The van der Waals surface area contributed by atoms with Crippen molar-refractivity contribution in [2.75, 3.05) is 7.11 Å². The van der Waals surface area contributed by atoms with Crippen LogP contribution >= 0.6 is 0 Å². The normalized spacial score (nSPS) is 11.3. The second-order valence-corrected chi connectivity index (χ2v) is 6.27. The number of imidazole rings is 1. The van der Waals surface area contributed by atoms with Crippen LogP contribution in [0, 0.1) is 18.6 Å². The van der Waals surface area contributed by atoms with E-state index in [4.69, 9.17) is 0 Å². The summed E-state index contributed by atoms with van der Waals surface area (Å²) in [6.45, 7) is 1.44. The molecule has 0 saturated heterocycles. The fourth-order valence-corrected chi connectivity index (χ4v) is 3.12. The fraction of sp³-hybridized carbons (Fsp3) is 0.158. The van der Waals surface area contributed by atoms with Crippen molar-refractivity contribution < 1.29 is 18.3 Å². The number of nitrogens with zero attached hydrogens (tertiary/aromatic N) is 3.